The van der Waals surface area contributed by atoms with E-state index in [1.54, 1.807) is 0 Å². The van der Waals surface area contributed by atoms with Crippen molar-refractivity contribution in [3.63, 3.8) is 0 Å². The first-order chi connectivity index (χ1) is 10.2. The third kappa shape index (κ3) is 3.73. The second-order valence-electron chi connectivity index (χ2n) is 7.00. The van der Waals surface area contributed by atoms with E-state index < -0.39 is 0 Å². The van der Waals surface area contributed by atoms with Gasteiger partial charge in [-0.15, -0.1) is 0 Å². The SMILES string of the molecule is CC(C)CNCC1CCc2nc(N3CCCC3)ncc2C1. The van der Waals surface area contributed by atoms with Crippen molar-refractivity contribution in [1.82, 2.24) is 15.3 Å². The van der Waals surface area contributed by atoms with Crippen LogP contribution in [0, 0.1) is 11.8 Å². The van der Waals surface area contributed by atoms with Crippen molar-refractivity contribution in [3.05, 3.63) is 17.5 Å². The molecular weight excluding hydrogens is 260 g/mol. The second kappa shape index (κ2) is 6.73. The average molecular weight is 288 g/mol. The molecule has 1 saturated heterocycles. The number of hydrogen-bond donors (Lipinski definition) is 1. The minimum atomic E-state index is 0.729. The highest BCUT2D eigenvalue weighted by Crippen LogP contribution is 2.25. The summed E-state index contributed by atoms with van der Waals surface area (Å²) >= 11 is 0. The van der Waals surface area contributed by atoms with E-state index in [1.165, 1.54) is 30.5 Å². The predicted octanol–water partition coefficient (Wildman–Crippen LogP) is 2.43. The van der Waals surface area contributed by atoms with E-state index >= 15 is 0 Å². The standard InChI is InChI=1S/C17H28N4/c1-13(2)10-18-11-14-5-6-16-15(9-14)12-19-17(20-16)21-7-3-4-8-21/h12-14,18H,3-11H2,1-2H3. The summed E-state index contributed by atoms with van der Waals surface area (Å²) in [7, 11) is 0. The first kappa shape index (κ1) is 14.8. The number of fused-ring (bicyclic) bond motifs is 1. The fourth-order valence-electron chi connectivity index (χ4n) is 3.39. The third-order valence-corrected chi connectivity index (χ3v) is 4.61. The van der Waals surface area contributed by atoms with Crippen molar-refractivity contribution >= 4 is 5.95 Å². The molecule has 2 heterocycles. The van der Waals surface area contributed by atoms with Crippen LogP contribution in [-0.4, -0.2) is 36.1 Å². The van der Waals surface area contributed by atoms with E-state index in [0.717, 1.165) is 56.8 Å². The van der Waals surface area contributed by atoms with Crippen LogP contribution >= 0.6 is 0 Å². The molecule has 3 rings (SSSR count). The number of aromatic nitrogens is 2. The first-order valence-corrected chi connectivity index (χ1v) is 8.53. The zero-order valence-electron chi connectivity index (χ0n) is 13.4. The van der Waals surface area contributed by atoms with Gasteiger partial charge in [-0.05, 0) is 62.6 Å². The monoisotopic (exact) mass is 288 g/mol. The number of aryl methyl sites for hydroxylation is 1. The lowest BCUT2D eigenvalue weighted by atomic mass is 9.87. The molecular formula is C17H28N4. The Morgan fingerprint density at radius 1 is 1.33 bits per heavy atom. The van der Waals surface area contributed by atoms with E-state index in [2.05, 4.69) is 35.2 Å². The van der Waals surface area contributed by atoms with Gasteiger partial charge in [0.2, 0.25) is 5.95 Å². The van der Waals surface area contributed by atoms with Crippen LogP contribution in [0.2, 0.25) is 0 Å². The molecule has 4 nitrogen and oxygen atoms in total. The van der Waals surface area contributed by atoms with Crippen LogP contribution in [0.15, 0.2) is 6.20 Å². The van der Waals surface area contributed by atoms with Crippen LogP contribution < -0.4 is 10.2 Å². The maximum atomic E-state index is 4.83. The molecule has 1 aliphatic carbocycles. The summed E-state index contributed by atoms with van der Waals surface area (Å²) in [5.74, 6) is 2.44. The molecule has 0 aromatic carbocycles. The number of nitrogens with one attached hydrogen (secondary N) is 1. The highest BCUT2D eigenvalue weighted by Gasteiger charge is 2.22. The van der Waals surface area contributed by atoms with Crippen LogP contribution in [0.25, 0.3) is 0 Å². The summed E-state index contributed by atoms with van der Waals surface area (Å²) in [4.78, 5) is 11.8. The molecule has 1 aromatic heterocycles. The van der Waals surface area contributed by atoms with Gasteiger partial charge in [0.05, 0.1) is 0 Å². The van der Waals surface area contributed by atoms with Gasteiger partial charge in [0.15, 0.2) is 0 Å². The summed E-state index contributed by atoms with van der Waals surface area (Å²) in [5.41, 5.74) is 2.67. The van der Waals surface area contributed by atoms with E-state index in [9.17, 15) is 0 Å². The fraction of sp³-hybridized carbons (Fsp3) is 0.765. The minimum absolute atomic E-state index is 0.729. The van der Waals surface area contributed by atoms with Crippen molar-refractivity contribution in [1.29, 1.82) is 0 Å². The molecule has 4 heteroatoms. The maximum absolute atomic E-state index is 4.83. The molecule has 1 unspecified atom stereocenters. The zero-order chi connectivity index (χ0) is 14.7. The Bertz CT molecular complexity index is 466. The van der Waals surface area contributed by atoms with Gasteiger partial charge in [0, 0.05) is 25.0 Å². The van der Waals surface area contributed by atoms with Crippen molar-refractivity contribution < 1.29 is 0 Å². The molecule has 0 bridgehead atoms. The van der Waals surface area contributed by atoms with Crippen molar-refractivity contribution in [2.75, 3.05) is 31.1 Å². The summed E-state index contributed by atoms with van der Waals surface area (Å²) in [6.07, 6.45) is 8.17. The Labute approximate surface area is 128 Å². The van der Waals surface area contributed by atoms with Crippen molar-refractivity contribution in [2.45, 2.75) is 46.0 Å². The number of nitrogens with zero attached hydrogens (tertiary/aromatic N) is 3. The lowest BCUT2D eigenvalue weighted by Crippen LogP contribution is -2.30. The molecule has 116 valence electrons. The highest BCUT2D eigenvalue weighted by molar-refractivity contribution is 5.35. The van der Waals surface area contributed by atoms with E-state index in [-0.39, 0.29) is 0 Å². The second-order valence-corrected chi connectivity index (χ2v) is 7.00. The molecule has 1 atom stereocenters. The summed E-state index contributed by atoms with van der Waals surface area (Å²) < 4.78 is 0. The first-order valence-electron chi connectivity index (χ1n) is 8.53. The average Bonchev–Trinajstić information content (AvgIpc) is 3.00. The molecule has 1 fully saturated rings. The molecule has 1 aliphatic heterocycles. The zero-order valence-corrected chi connectivity index (χ0v) is 13.4. The van der Waals surface area contributed by atoms with Crippen LogP contribution in [0.5, 0.6) is 0 Å². The van der Waals surface area contributed by atoms with Gasteiger partial charge in [-0.2, -0.15) is 0 Å². The highest BCUT2D eigenvalue weighted by atomic mass is 15.3. The van der Waals surface area contributed by atoms with E-state index in [4.69, 9.17) is 4.98 Å². The Morgan fingerprint density at radius 3 is 2.90 bits per heavy atom. The van der Waals surface area contributed by atoms with Gasteiger partial charge in [-0.3, -0.25) is 0 Å². The third-order valence-electron chi connectivity index (χ3n) is 4.61. The molecule has 2 aliphatic rings. The quantitative estimate of drug-likeness (QED) is 0.903. The summed E-state index contributed by atoms with van der Waals surface area (Å²) in [6, 6.07) is 0. The molecule has 21 heavy (non-hydrogen) atoms. The Balaban J connectivity index is 1.59. The van der Waals surface area contributed by atoms with Crippen LogP contribution in [0.4, 0.5) is 5.95 Å². The lowest BCUT2D eigenvalue weighted by molar-refractivity contribution is 0.405. The van der Waals surface area contributed by atoms with Crippen LogP contribution in [0.3, 0.4) is 0 Å². The smallest absolute Gasteiger partial charge is 0.225 e. The molecule has 0 spiro atoms. The van der Waals surface area contributed by atoms with Gasteiger partial charge >= 0.3 is 0 Å². The van der Waals surface area contributed by atoms with E-state index in [0.29, 0.717) is 0 Å². The van der Waals surface area contributed by atoms with Gasteiger partial charge in [0.1, 0.15) is 0 Å². The van der Waals surface area contributed by atoms with Gasteiger partial charge in [-0.25, -0.2) is 9.97 Å². The topological polar surface area (TPSA) is 41.1 Å². The van der Waals surface area contributed by atoms with Gasteiger partial charge < -0.3 is 10.2 Å². The molecule has 0 amide bonds. The van der Waals surface area contributed by atoms with Crippen molar-refractivity contribution in [2.24, 2.45) is 11.8 Å². The minimum Gasteiger partial charge on any atom is -0.341 e. The number of hydrogen-bond acceptors (Lipinski definition) is 4. The summed E-state index contributed by atoms with van der Waals surface area (Å²) in [5, 5.41) is 3.59. The molecule has 1 aromatic rings. The summed E-state index contributed by atoms with van der Waals surface area (Å²) in [6.45, 7) is 9.02. The lowest BCUT2D eigenvalue weighted by Gasteiger charge is -2.25. The normalized spacial score (nSPS) is 21.9. The van der Waals surface area contributed by atoms with Gasteiger partial charge in [-0.1, -0.05) is 13.8 Å². The van der Waals surface area contributed by atoms with Crippen molar-refractivity contribution in [3.8, 4) is 0 Å². The predicted molar refractivity (Wildman–Crippen MR) is 86.7 cm³/mol. The Morgan fingerprint density at radius 2 is 2.14 bits per heavy atom. The van der Waals surface area contributed by atoms with Gasteiger partial charge in [0.25, 0.3) is 0 Å². The fourth-order valence-corrected chi connectivity index (χ4v) is 3.39. The van der Waals surface area contributed by atoms with Crippen LogP contribution in [0.1, 0.15) is 44.4 Å². The van der Waals surface area contributed by atoms with E-state index in [1.807, 2.05) is 0 Å². The molecule has 0 radical (unpaired) electrons. The maximum Gasteiger partial charge on any atom is 0.225 e. The Hall–Kier alpha value is -1.16. The molecule has 0 saturated carbocycles. The number of anilines is 1. The number of rotatable bonds is 5. The Kier molecular flexibility index (Phi) is 4.73. The molecule has 1 N–H and O–H groups in total. The largest absolute Gasteiger partial charge is 0.341 e. The van der Waals surface area contributed by atoms with Crippen LogP contribution in [-0.2, 0) is 12.8 Å².